The maximum absolute atomic E-state index is 14.2. The van der Waals surface area contributed by atoms with E-state index in [1.165, 1.54) is 16.8 Å². The Morgan fingerprint density at radius 1 is 1.29 bits per heavy atom. The summed E-state index contributed by atoms with van der Waals surface area (Å²) >= 11 is 0. The van der Waals surface area contributed by atoms with Gasteiger partial charge in [-0.2, -0.15) is 5.26 Å². The Labute approximate surface area is 224 Å². The summed E-state index contributed by atoms with van der Waals surface area (Å²) < 4.78 is 26.5. The van der Waals surface area contributed by atoms with Gasteiger partial charge in [-0.25, -0.2) is 13.1 Å². The number of para-hydroxylation sites is 1. The van der Waals surface area contributed by atoms with Crippen molar-refractivity contribution in [2.75, 3.05) is 25.2 Å². The number of fused-ring (bicyclic) bond motifs is 2. The van der Waals surface area contributed by atoms with Crippen molar-refractivity contribution >= 4 is 33.4 Å². The predicted molar refractivity (Wildman–Crippen MR) is 142 cm³/mol. The number of carbonyl (C=O) groups is 3. The van der Waals surface area contributed by atoms with Gasteiger partial charge in [0.1, 0.15) is 18.1 Å². The maximum atomic E-state index is 14.2. The fraction of sp³-hybridized carbons (Fsp3) is 0.630. The van der Waals surface area contributed by atoms with Crippen LogP contribution >= 0.6 is 0 Å². The number of hydrogen-bond acceptors (Lipinski definition) is 6. The zero-order valence-electron chi connectivity index (χ0n) is 22.7. The molecule has 1 aromatic rings. The SMILES string of the molecule is CN(C(=O)C(CC1CC1)NS(C)(=O)=O)[C@@H](CC(C)(C)C)C(=O)N1C[C@]2(C[C@H]1C#N)C(=O)Nc1ccccc12. The van der Waals surface area contributed by atoms with Gasteiger partial charge in [-0.15, -0.1) is 0 Å². The number of nitrogens with zero attached hydrogens (tertiary/aromatic N) is 3. The number of sulfonamides is 1. The lowest BCUT2D eigenvalue weighted by molar-refractivity contribution is -0.147. The van der Waals surface area contributed by atoms with E-state index >= 15 is 0 Å². The fourth-order valence-electron chi connectivity index (χ4n) is 5.69. The van der Waals surface area contributed by atoms with E-state index in [0.717, 1.165) is 24.7 Å². The summed E-state index contributed by atoms with van der Waals surface area (Å²) in [6, 6.07) is 6.75. The van der Waals surface area contributed by atoms with Crippen LogP contribution in [0.15, 0.2) is 24.3 Å². The number of rotatable bonds is 8. The van der Waals surface area contributed by atoms with Gasteiger partial charge in [-0.1, -0.05) is 51.8 Å². The molecule has 0 aromatic heterocycles. The molecule has 11 heteroatoms. The molecular formula is C27H37N5O5S. The van der Waals surface area contributed by atoms with E-state index in [1.807, 2.05) is 39.0 Å². The lowest BCUT2D eigenvalue weighted by Crippen LogP contribution is -2.56. The average Bonchev–Trinajstić information content (AvgIpc) is 3.49. The zero-order chi connectivity index (χ0) is 28.0. The topological polar surface area (TPSA) is 140 Å². The van der Waals surface area contributed by atoms with E-state index in [-0.39, 0.29) is 30.2 Å². The highest BCUT2D eigenvalue weighted by Gasteiger charge is 2.57. The quantitative estimate of drug-likeness (QED) is 0.514. The minimum Gasteiger partial charge on any atom is -0.332 e. The van der Waals surface area contributed by atoms with Gasteiger partial charge in [-0.3, -0.25) is 14.4 Å². The molecule has 0 radical (unpaired) electrons. The summed E-state index contributed by atoms with van der Waals surface area (Å²) in [6.45, 7) is 5.89. The number of hydrogen-bond donors (Lipinski definition) is 2. The number of benzene rings is 1. The third kappa shape index (κ3) is 5.71. The van der Waals surface area contributed by atoms with Crippen molar-refractivity contribution in [2.24, 2.45) is 11.3 Å². The Balaban J connectivity index is 1.65. The predicted octanol–water partition coefficient (Wildman–Crippen LogP) is 1.98. The summed E-state index contributed by atoms with van der Waals surface area (Å²) in [5.74, 6) is -0.865. The van der Waals surface area contributed by atoms with E-state index in [2.05, 4.69) is 16.1 Å². The van der Waals surface area contributed by atoms with Crippen LogP contribution in [0.4, 0.5) is 5.69 Å². The maximum Gasteiger partial charge on any atom is 0.246 e. The second-order valence-electron chi connectivity index (χ2n) is 12.2. The van der Waals surface area contributed by atoms with Crippen LogP contribution < -0.4 is 10.0 Å². The first-order chi connectivity index (χ1) is 17.6. The number of nitriles is 1. The molecule has 2 fully saturated rings. The van der Waals surface area contributed by atoms with Crippen LogP contribution in [0.3, 0.4) is 0 Å². The Kier molecular flexibility index (Phi) is 7.36. The normalized spacial score (nSPS) is 24.5. The zero-order valence-corrected chi connectivity index (χ0v) is 23.5. The Hall–Kier alpha value is -2.97. The Morgan fingerprint density at radius 2 is 1.95 bits per heavy atom. The molecule has 38 heavy (non-hydrogen) atoms. The van der Waals surface area contributed by atoms with E-state index < -0.39 is 45.4 Å². The molecule has 4 rings (SSSR count). The molecular weight excluding hydrogens is 506 g/mol. The molecule has 1 saturated heterocycles. The number of likely N-dealkylation sites (tertiary alicyclic amines) is 1. The van der Waals surface area contributed by atoms with Gasteiger partial charge in [0, 0.05) is 25.7 Å². The van der Waals surface area contributed by atoms with Crippen molar-refractivity contribution in [3.63, 3.8) is 0 Å². The summed E-state index contributed by atoms with van der Waals surface area (Å²) in [5.41, 5.74) is 0.0477. The molecule has 2 aliphatic heterocycles. The van der Waals surface area contributed by atoms with Crippen molar-refractivity contribution in [1.29, 1.82) is 5.26 Å². The summed E-state index contributed by atoms with van der Waals surface area (Å²) in [5, 5.41) is 12.9. The number of likely N-dealkylation sites (N-methyl/N-ethyl adjacent to an activating group) is 1. The van der Waals surface area contributed by atoms with Crippen LogP contribution in [-0.4, -0.2) is 73.9 Å². The Bertz CT molecular complexity index is 1280. The van der Waals surface area contributed by atoms with Gasteiger partial charge in [0.15, 0.2) is 0 Å². The largest absolute Gasteiger partial charge is 0.332 e. The van der Waals surface area contributed by atoms with Crippen molar-refractivity contribution in [3.05, 3.63) is 29.8 Å². The first-order valence-corrected chi connectivity index (χ1v) is 14.9. The van der Waals surface area contributed by atoms with Crippen LogP contribution in [-0.2, 0) is 29.8 Å². The van der Waals surface area contributed by atoms with E-state index in [0.29, 0.717) is 18.5 Å². The molecule has 1 unspecified atom stereocenters. The smallest absolute Gasteiger partial charge is 0.246 e. The second kappa shape index (κ2) is 9.97. The molecule has 4 atom stereocenters. The molecule has 1 aromatic carbocycles. The lowest BCUT2D eigenvalue weighted by Gasteiger charge is -2.37. The molecule has 1 aliphatic carbocycles. The van der Waals surface area contributed by atoms with Gasteiger partial charge in [0.25, 0.3) is 0 Å². The van der Waals surface area contributed by atoms with Crippen molar-refractivity contribution in [2.45, 2.75) is 76.4 Å². The molecule has 3 amide bonds. The molecule has 2 N–H and O–H groups in total. The first-order valence-electron chi connectivity index (χ1n) is 13.0. The summed E-state index contributed by atoms with van der Waals surface area (Å²) in [4.78, 5) is 43.7. The monoisotopic (exact) mass is 543 g/mol. The molecule has 1 spiro atoms. The minimum absolute atomic E-state index is 0.0304. The van der Waals surface area contributed by atoms with Crippen LogP contribution in [0.5, 0.6) is 0 Å². The standard InChI is InChI=1S/C27H37N5O5S/c1-26(2,3)14-22(31(4)23(33)21(12-17-10-11-17)30-38(5,36)37)24(34)32-16-27(13-18(32)15-28)19-8-6-7-9-20(19)29-25(27)35/h6-9,17-18,21-22,30H,10-14,16H2,1-5H3,(H,29,35)/t18-,21?,22-,27-/m0/s1. The highest BCUT2D eigenvalue weighted by molar-refractivity contribution is 7.88. The van der Waals surface area contributed by atoms with Crippen LogP contribution in [0.25, 0.3) is 0 Å². The molecule has 10 nitrogen and oxygen atoms in total. The van der Waals surface area contributed by atoms with Gasteiger partial charge >= 0.3 is 0 Å². The van der Waals surface area contributed by atoms with E-state index in [1.54, 1.807) is 6.07 Å². The lowest BCUT2D eigenvalue weighted by atomic mass is 9.80. The highest BCUT2D eigenvalue weighted by Crippen LogP contribution is 2.46. The van der Waals surface area contributed by atoms with Crippen LogP contribution in [0.1, 0.15) is 58.4 Å². The third-order valence-electron chi connectivity index (χ3n) is 7.74. The number of carbonyl (C=O) groups excluding carboxylic acids is 3. The molecule has 2 heterocycles. The van der Waals surface area contributed by atoms with Gasteiger partial charge < -0.3 is 15.1 Å². The number of nitrogens with one attached hydrogen (secondary N) is 2. The summed E-state index contributed by atoms with van der Waals surface area (Å²) in [7, 11) is -2.14. The van der Waals surface area contributed by atoms with Crippen molar-refractivity contribution < 1.29 is 22.8 Å². The molecule has 206 valence electrons. The van der Waals surface area contributed by atoms with Crippen molar-refractivity contribution in [1.82, 2.24) is 14.5 Å². The van der Waals surface area contributed by atoms with Crippen LogP contribution in [0, 0.1) is 22.7 Å². The van der Waals surface area contributed by atoms with Gasteiger partial charge in [0.05, 0.1) is 17.7 Å². The van der Waals surface area contributed by atoms with E-state index in [4.69, 9.17) is 0 Å². The van der Waals surface area contributed by atoms with Crippen LogP contribution in [0.2, 0.25) is 0 Å². The highest BCUT2D eigenvalue weighted by atomic mass is 32.2. The first kappa shape index (κ1) is 28.0. The van der Waals surface area contributed by atoms with Gasteiger partial charge in [-0.05, 0) is 35.8 Å². The second-order valence-corrected chi connectivity index (χ2v) is 14.0. The third-order valence-corrected chi connectivity index (χ3v) is 8.45. The Morgan fingerprint density at radius 3 is 2.53 bits per heavy atom. The van der Waals surface area contributed by atoms with E-state index in [9.17, 15) is 28.1 Å². The van der Waals surface area contributed by atoms with Gasteiger partial charge in [0.2, 0.25) is 27.7 Å². The molecule has 0 bridgehead atoms. The average molecular weight is 544 g/mol. The number of anilines is 1. The summed E-state index contributed by atoms with van der Waals surface area (Å²) in [6.07, 6.45) is 3.73. The minimum atomic E-state index is -3.66. The van der Waals surface area contributed by atoms with Crippen molar-refractivity contribution in [3.8, 4) is 6.07 Å². The number of amides is 3. The fourth-order valence-corrected chi connectivity index (χ4v) is 6.41. The molecule has 1 saturated carbocycles. The molecule has 3 aliphatic rings.